The van der Waals surface area contributed by atoms with Gasteiger partial charge in [-0.15, -0.1) is 0 Å². The summed E-state index contributed by atoms with van der Waals surface area (Å²) in [7, 11) is 2.21. The Labute approximate surface area is 155 Å². The van der Waals surface area contributed by atoms with Crippen LogP contribution in [0.5, 0.6) is 0 Å². The monoisotopic (exact) mass is 333 g/mol. The third-order valence-electron chi connectivity index (χ3n) is 4.45. The van der Waals surface area contributed by atoms with Gasteiger partial charge < -0.3 is 0 Å². The molecular formula is C24H20BN+. The standard InChI is InChI=1S/C24H20BN/c1-3-9-21(10-4-1)22-14-16-26(17-15-22)19-20-8-7-13-24(18-20)25-23-11-5-2-6-12-23/h1-18H,19H2/q+1. The predicted molar refractivity (Wildman–Crippen MR) is 109 cm³/mol. The van der Waals surface area contributed by atoms with Gasteiger partial charge in [0.2, 0.25) is 0 Å². The van der Waals surface area contributed by atoms with Crippen molar-refractivity contribution in [2.75, 3.05) is 0 Å². The van der Waals surface area contributed by atoms with Crippen molar-refractivity contribution in [3.8, 4) is 11.1 Å². The van der Waals surface area contributed by atoms with Crippen molar-refractivity contribution in [2.24, 2.45) is 0 Å². The van der Waals surface area contributed by atoms with Crippen LogP contribution in [-0.4, -0.2) is 7.28 Å². The van der Waals surface area contributed by atoms with Crippen molar-refractivity contribution in [3.63, 3.8) is 0 Å². The van der Waals surface area contributed by atoms with Crippen LogP contribution < -0.4 is 15.5 Å². The van der Waals surface area contributed by atoms with Gasteiger partial charge >= 0.3 is 0 Å². The number of benzene rings is 3. The lowest BCUT2D eigenvalue weighted by atomic mass is 9.64. The largest absolute Gasteiger partial charge is 0.201 e. The SMILES string of the molecule is [B](c1ccccc1)c1cccc(C[n+]2ccc(-c3ccccc3)cc2)c1. The third-order valence-corrected chi connectivity index (χ3v) is 4.45. The van der Waals surface area contributed by atoms with Crippen molar-refractivity contribution >= 4 is 18.2 Å². The zero-order valence-corrected chi connectivity index (χ0v) is 14.6. The maximum Gasteiger partial charge on any atom is 0.191 e. The molecule has 4 aromatic rings. The molecule has 1 heterocycles. The van der Waals surface area contributed by atoms with E-state index in [1.807, 2.05) is 12.1 Å². The molecule has 0 N–H and O–H groups in total. The molecule has 3 aromatic carbocycles. The van der Waals surface area contributed by atoms with E-state index in [1.54, 1.807) is 0 Å². The van der Waals surface area contributed by atoms with Crippen LogP contribution >= 0.6 is 0 Å². The first kappa shape index (κ1) is 16.3. The molecule has 2 heteroatoms. The average molecular weight is 333 g/mol. The molecule has 123 valence electrons. The average Bonchev–Trinajstić information content (AvgIpc) is 2.70. The van der Waals surface area contributed by atoms with E-state index in [2.05, 4.69) is 109 Å². The van der Waals surface area contributed by atoms with E-state index in [0.717, 1.165) is 6.54 Å². The molecule has 0 spiro atoms. The molecule has 0 saturated heterocycles. The highest BCUT2D eigenvalue weighted by Gasteiger charge is 2.06. The van der Waals surface area contributed by atoms with Crippen molar-refractivity contribution in [1.29, 1.82) is 0 Å². The fourth-order valence-corrected chi connectivity index (χ4v) is 3.12. The molecule has 0 atom stereocenters. The molecule has 0 saturated carbocycles. The summed E-state index contributed by atoms with van der Waals surface area (Å²) in [6.07, 6.45) is 4.30. The maximum absolute atomic E-state index is 2.26. The van der Waals surface area contributed by atoms with Gasteiger partial charge in [-0.3, -0.25) is 0 Å². The normalized spacial score (nSPS) is 10.5. The Morgan fingerprint density at radius 1 is 0.577 bits per heavy atom. The maximum atomic E-state index is 2.26. The molecule has 1 nitrogen and oxygen atoms in total. The fourth-order valence-electron chi connectivity index (χ4n) is 3.12. The van der Waals surface area contributed by atoms with Crippen LogP contribution in [0.1, 0.15) is 5.56 Å². The zero-order chi connectivity index (χ0) is 17.6. The minimum Gasteiger partial charge on any atom is -0.201 e. The second-order valence-electron chi connectivity index (χ2n) is 6.43. The molecule has 0 aliphatic heterocycles. The van der Waals surface area contributed by atoms with Crippen LogP contribution in [0.25, 0.3) is 11.1 Å². The molecule has 0 aliphatic rings. The summed E-state index contributed by atoms with van der Waals surface area (Å²) in [5, 5.41) is 0. The molecule has 0 amide bonds. The zero-order valence-electron chi connectivity index (χ0n) is 14.6. The van der Waals surface area contributed by atoms with E-state index < -0.39 is 0 Å². The van der Waals surface area contributed by atoms with Gasteiger partial charge in [0.1, 0.15) is 0 Å². The van der Waals surface area contributed by atoms with E-state index in [-0.39, 0.29) is 0 Å². The Balaban J connectivity index is 1.48. The third kappa shape index (κ3) is 4.09. The molecule has 26 heavy (non-hydrogen) atoms. The van der Waals surface area contributed by atoms with Crippen molar-refractivity contribution in [1.82, 2.24) is 0 Å². The first-order valence-corrected chi connectivity index (χ1v) is 8.90. The van der Waals surface area contributed by atoms with Crippen LogP contribution in [0.4, 0.5) is 0 Å². The van der Waals surface area contributed by atoms with E-state index in [4.69, 9.17) is 0 Å². The van der Waals surface area contributed by atoms with Crippen LogP contribution in [-0.2, 0) is 6.54 Å². The Morgan fingerprint density at radius 2 is 1.19 bits per heavy atom. The number of hydrogen-bond donors (Lipinski definition) is 0. The lowest BCUT2D eigenvalue weighted by Gasteiger charge is -2.04. The van der Waals surface area contributed by atoms with Crippen LogP contribution in [0.15, 0.2) is 109 Å². The summed E-state index contributed by atoms with van der Waals surface area (Å²) < 4.78 is 2.22. The number of pyridine rings is 1. The lowest BCUT2D eigenvalue weighted by Crippen LogP contribution is -2.34. The molecule has 0 fully saturated rings. The quantitative estimate of drug-likeness (QED) is 0.390. The Morgan fingerprint density at radius 3 is 1.92 bits per heavy atom. The highest BCUT2D eigenvalue weighted by Crippen LogP contribution is 2.16. The van der Waals surface area contributed by atoms with Crippen molar-refractivity contribution < 1.29 is 4.57 Å². The first-order chi connectivity index (χ1) is 12.9. The van der Waals surface area contributed by atoms with E-state index in [1.165, 1.54) is 27.6 Å². The summed E-state index contributed by atoms with van der Waals surface area (Å²) in [6, 6.07) is 34.0. The number of hydrogen-bond acceptors (Lipinski definition) is 0. The van der Waals surface area contributed by atoms with Crippen molar-refractivity contribution in [3.05, 3.63) is 115 Å². The van der Waals surface area contributed by atoms with Gasteiger partial charge in [0.25, 0.3) is 0 Å². The topological polar surface area (TPSA) is 3.88 Å². The summed E-state index contributed by atoms with van der Waals surface area (Å²) in [6.45, 7) is 0.867. The molecule has 0 unspecified atom stereocenters. The summed E-state index contributed by atoms with van der Waals surface area (Å²) in [5.74, 6) is 0. The highest BCUT2D eigenvalue weighted by molar-refractivity contribution is 6.67. The van der Waals surface area contributed by atoms with Gasteiger partial charge in [-0.25, -0.2) is 4.57 Å². The van der Waals surface area contributed by atoms with Crippen LogP contribution in [0.2, 0.25) is 0 Å². The van der Waals surface area contributed by atoms with Gasteiger partial charge in [-0.1, -0.05) is 95.9 Å². The van der Waals surface area contributed by atoms with Gasteiger partial charge in [-0.2, -0.15) is 0 Å². The van der Waals surface area contributed by atoms with Crippen molar-refractivity contribution in [2.45, 2.75) is 6.54 Å². The van der Waals surface area contributed by atoms with E-state index >= 15 is 0 Å². The number of aromatic nitrogens is 1. The molecule has 0 aliphatic carbocycles. The molecule has 0 bridgehead atoms. The smallest absolute Gasteiger partial charge is 0.191 e. The summed E-state index contributed by atoms with van der Waals surface area (Å²) in [4.78, 5) is 0. The first-order valence-electron chi connectivity index (χ1n) is 8.90. The fraction of sp³-hybridized carbons (Fsp3) is 0.0417. The number of rotatable bonds is 5. The molecule has 4 rings (SSSR count). The lowest BCUT2D eigenvalue weighted by molar-refractivity contribution is -0.688. The van der Waals surface area contributed by atoms with Crippen LogP contribution in [0.3, 0.4) is 0 Å². The second kappa shape index (κ2) is 7.84. The minimum absolute atomic E-state index is 0.867. The van der Waals surface area contributed by atoms with E-state index in [0.29, 0.717) is 0 Å². The Kier molecular flexibility index (Phi) is 4.93. The Hall–Kier alpha value is -3.13. The van der Waals surface area contributed by atoms with Gasteiger partial charge in [0, 0.05) is 17.7 Å². The summed E-state index contributed by atoms with van der Waals surface area (Å²) in [5.41, 5.74) is 6.25. The molecular weight excluding hydrogens is 313 g/mol. The van der Waals surface area contributed by atoms with Gasteiger partial charge in [0.05, 0.1) is 0 Å². The second-order valence-corrected chi connectivity index (χ2v) is 6.43. The van der Waals surface area contributed by atoms with Gasteiger partial charge in [-0.05, 0) is 11.1 Å². The Bertz CT molecular complexity index is 964. The minimum atomic E-state index is 0.867. The van der Waals surface area contributed by atoms with Gasteiger partial charge in [0.15, 0.2) is 26.2 Å². The molecule has 1 radical (unpaired) electrons. The molecule has 1 aromatic heterocycles. The summed E-state index contributed by atoms with van der Waals surface area (Å²) >= 11 is 0. The van der Waals surface area contributed by atoms with Crippen LogP contribution in [0, 0.1) is 0 Å². The van der Waals surface area contributed by atoms with E-state index in [9.17, 15) is 0 Å². The number of nitrogens with zero attached hydrogens (tertiary/aromatic N) is 1. The predicted octanol–water partition coefficient (Wildman–Crippen LogP) is 3.34. The highest BCUT2D eigenvalue weighted by atomic mass is 14.9.